The van der Waals surface area contributed by atoms with Crippen LogP contribution in [0, 0.1) is 11.6 Å². The van der Waals surface area contributed by atoms with Gasteiger partial charge in [-0.2, -0.15) is 0 Å². The molecule has 0 nitrogen and oxygen atoms in total. The Morgan fingerprint density at radius 1 is 1.29 bits per heavy atom. The molecule has 0 amide bonds. The van der Waals surface area contributed by atoms with Crippen molar-refractivity contribution in [2.24, 2.45) is 0 Å². The minimum atomic E-state index is -0.463. The highest BCUT2D eigenvalue weighted by Gasteiger charge is 2.21. The van der Waals surface area contributed by atoms with E-state index in [0.29, 0.717) is 0 Å². The molecular weight excluding hydrogens is 250 g/mol. The third kappa shape index (κ3) is 2.32. The first-order valence-corrected chi connectivity index (χ1v) is 5.57. The molecule has 0 saturated carbocycles. The average Bonchev–Trinajstić information content (AvgIpc) is 2.16. The number of hydrogen-bond acceptors (Lipinski definition) is 0. The molecule has 3 heteroatoms. The molecule has 0 aliphatic rings. The van der Waals surface area contributed by atoms with Gasteiger partial charge >= 0.3 is 0 Å². The Hall–Kier alpha value is -0.440. The predicted octanol–water partition coefficient (Wildman–Crippen LogP) is 4.24. The van der Waals surface area contributed by atoms with Crippen LogP contribution in [0.15, 0.2) is 18.2 Å². The summed E-state index contributed by atoms with van der Waals surface area (Å²) in [6, 6.07) is 3.98. The van der Waals surface area contributed by atoms with E-state index in [9.17, 15) is 8.78 Å². The first-order chi connectivity index (χ1) is 6.57. The molecule has 0 fully saturated rings. The van der Waals surface area contributed by atoms with Crippen LogP contribution in [0.1, 0.15) is 31.7 Å². The maximum absolute atomic E-state index is 13.3. The molecule has 0 aromatic heterocycles. The first-order valence-electron chi connectivity index (χ1n) is 4.65. The standard InChI is InChI=1S/C11H13BrF2/c1-3-8(12)7(2)11-9(13)5-4-6-10(11)14/h4-8H,3H2,1-2H3. The fourth-order valence-corrected chi connectivity index (χ4v) is 1.74. The highest BCUT2D eigenvalue weighted by molar-refractivity contribution is 9.09. The summed E-state index contributed by atoms with van der Waals surface area (Å²) in [5.41, 5.74) is 0.177. The first kappa shape index (κ1) is 11.6. The molecule has 1 rings (SSSR count). The Bertz CT molecular complexity index is 292. The van der Waals surface area contributed by atoms with Gasteiger partial charge in [-0.3, -0.25) is 0 Å². The highest BCUT2D eigenvalue weighted by Crippen LogP contribution is 2.30. The van der Waals surface area contributed by atoms with E-state index < -0.39 is 11.6 Å². The molecule has 14 heavy (non-hydrogen) atoms. The molecule has 1 aromatic carbocycles. The van der Waals surface area contributed by atoms with Crippen LogP contribution >= 0.6 is 15.9 Å². The number of alkyl halides is 1. The zero-order valence-corrected chi connectivity index (χ0v) is 9.81. The Morgan fingerprint density at radius 3 is 2.21 bits per heavy atom. The SMILES string of the molecule is CCC(Br)C(C)c1c(F)cccc1F. The molecule has 0 saturated heterocycles. The van der Waals surface area contributed by atoms with Gasteiger partial charge in [0.25, 0.3) is 0 Å². The molecule has 2 atom stereocenters. The van der Waals surface area contributed by atoms with Gasteiger partial charge in [0.1, 0.15) is 11.6 Å². The topological polar surface area (TPSA) is 0 Å². The number of halogens is 3. The largest absolute Gasteiger partial charge is 0.207 e. The van der Waals surface area contributed by atoms with E-state index in [2.05, 4.69) is 15.9 Å². The van der Waals surface area contributed by atoms with Gasteiger partial charge in [0.2, 0.25) is 0 Å². The maximum atomic E-state index is 13.3. The Labute approximate surface area is 91.5 Å². The van der Waals surface area contributed by atoms with Gasteiger partial charge in [-0.05, 0) is 24.5 Å². The molecule has 0 aliphatic carbocycles. The lowest BCUT2D eigenvalue weighted by atomic mass is 9.95. The van der Waals surface area contributed by atoms with Crippen molar-refractivity contribution in [2.75, 3.05) is 0 Å². The molecule has 0 aliphatic heterocycles. The van der Waals surface area contributed by atoms with Crippen LogP contribution in [-0.2, 0) is 0 Å². The van der Waals surface area contributed by atoms with Crippen LogP contribution in [0.3, 0.4) is 0 Å². The fourth-order valence-electron chi connectivity index (χ4n) is 1.48. The normalized spacial score (nSPS) is 15.2. The second kappa shape index (κ2) is 4.87. The van der Waals surface area contributed by atoms with Crippen LogP contribution in [-0.4, -0.2) is 4.83 Å². The van der Waals surface area contributed by atoms with Crippen LogP contribution in [0.25, 0.3) is 0 Å². The van der Waals surface area contributed by atoms with Crippen molar-refractivity contribution in [1.29, 1.82) is 0 Å². The zero-order chi connectivity index (χ0) is 10.7. The minimum absolute atomic E-state index is 0.105. The lowest BCUT2D eigenvalue weighted by molar-refractivity contribution is 0.525. The van der Waals surface area contributed by atoms with Gasteiger partial charge < -0.3 is 0 Å². The van der Waals surface area contributed by atoms with Crippen molar-refractivity contribution in [3.63, 3.8) is 0 Å². The molecule has 78 valence electrons. The van der Waals surface area contributed by atoms with E-state index >= 15 is 0 Å². The molecular formula is C11H13BrF2. The fraction of sp³-hybridized carbons (Fsp3) is 0.455. The summed E-state index contributed by atoms with van der Waals surface area (Å²) < 4.78 is 26.7. The summed E-state index contributed by atoms with van der Waals surface area (Å²) in [6.45, 7) is 3.80. The lowest BCUT2D eigenvalue weighted by Gasteiger charge is -2.18. The average molecular weight is 263 g/mol. The molecule has 0 radical (unpaired) electrons. The predicted molar refractivity (Wildman–Crippen MR) is 57.8 cm³/mol. The van der Waals surface area contributed by atoms with Gasteiger partial charge in [0, 0.05) is 10.4 Å². The van der Waals surface area contributed by atoms with Crippen molar-refractivity contribution in [3.8, 4) is 0 Å². The molecule has 2 unspecified atom stereocenters. The summed E-state index contributed by atoms with van der Waals surface area (Å²) >= 11 is 3.41. The quantitative estimate of drug-likeness (QED) is 0.715. The summed E-state index contributed by atoms with van der Waals surface area (Å²) in [6.07, 6.45) is 0.842. The smallest absolute Gasteiger partial charge is 0.129 e. The van der Waals surface area contributed by atoms with Gasteiger partial charge in [-0.1, -0.05) is 35.8 Å². The molecule has 0 bridgehead atoms. The molecule has 1 aromatic rings. The van der Waals surface area contributed by atoms with Gasteiger partial charge in [-0.15, -0.1) is 0 Å². The summed E-state index contributed by atoms with van der Waals surface area (Å²) in [5, 5.41) is 0. The van der Waals surface area contributed by atoms with Crippen molar-refractivity contribution in [3.05, 3.63) is 35.4 Å². The van der Waals surface area contributed by atoms with E-state index in [1.54, 1.807) is 0 Å². The molecule has 0 heterocycles. The zero-order valence-electron chi connectivity index (χ0n) is 8.23. The third-order valence-corrected chi connectivity index (χ3v) is 3.83. The summed E-state index contributed by atoms with van der Waals surface area (Å²) in [4.78, 5) is 0.105. The van der Waals surface area contributed by atoms with Crippen LogP contribution in [0.4, 0.5) is 8.78 Å². The van der Waals surface area contributed by atoms with Crippen molar-refractivity contribution in [1.82, 2.24) is 0 Å². The lowest BCUT2D eigenvalue weighted by Crippen LogP contribution is -2.11. The second-order valence-electron chi connectivity index (χ2n) is 3.35. The maximum Gasteiger partial charge on any atom is 0.129 e. The molecule has 0 spiro atoms. The Kier molecular flexibility index (Phi) is 4.05. The summed E-state index contributed by atoms with van der Waals surface area (Å²) in [5.74, 6) is -1.08. The third-order valence-electron chi connectivity index (χ3n) is 2.39. The minimum Gasteiger partial charge on any atom is -0.207 e. The molecule has 0 N–H and O–H groups in total. The van der Waals surface area contributed by atoms with Crippen molar-refractivity contribution >= 4 is 15.9 Å². The van der Waals surface area contributed by atoms with Crippen LogP contribution < -0.4 is 0 Å². The number of hydrogen-bond donors (Lipinski definition) is 0. The van der Waals surface area contributed by atoms with Crippen LogP contribution in [0.2, 0.25) is 0 Å². The Morgan fingerprint density at radius 2 is 1.79 bits per heavy atom. The second-order valence-corrected chi connectivity index (χ2v) is 4.52. The highest BCUT2D eigenvalue weighted by atomic mass is 79.9. The van der Waals surface area contributed by atoms with E-state index in [1.165, 1.54) is 18.2 Å². The van der Waals surface area contributed by atoms with Crippen molar-refractivity contribution < 1.29 is 8.78 Å². The number of rotatable bonds is 3. The van der Waals surface area contributed by atoms with Crippen molar-refractivity contribution in [2.45, 2.75) is 31.0 Å². The summed E-state index contributed by atoms with van der Waals surface area (Å²) in [7, 11) is 0. The monoisotopic (exact) mass is 262 g/mol. The van der Waals surface area contributed by atoms with E-state index in [0.717, 1.165) is 6.42 Å². The van der Waals surface area contributed by atoms with Crippen LogP contribution in [0.5, 0.6) is 0 Å². The van der Waals surface area contributed by atoms with E-state index in [-0.39, 0.29) is 16.3 Å². The van der Waals surface area contributed by atoms with Gasteiger partial charge in [-0.25, -0.2) is 8.78 Å². The number of benzene rings is 1. The van der Waals surface area contributed by atoms with Gasteiger partial charge in [0.05, 0.1) is 0 Å². The van der Waals surface area contributed by atoms with Gasteiger partial charge in [0.15, 0.2) is 0 Å². The van der Waals surface area contributed by atoms with E-state index in [4.69, 9.17) is 0 Å². The Balaban J connectivity index is 3.05. The van der Waals surface area contributed by atoms with E-state index in [1.807, 2.05) is 13.8 Å².